The van der Waals surface area contributed by atoms with Crippen LogP contribution in [0.3, 0.4) is 0 Å². The molecular formula is C15H18N6O3. The third-order valence-electron chi connectivity index (χ3n) is 4.20. The Hall–Kier alpha value is -2.81. The number of nitro benzene ring substituents is 1. The van der Waals surface area contributed by atoms with Gasteiger partial charge in [-0.15, -0.1) is 0 Å². The summed E-state index contributed by atoms with van der Waals surface area (Å²) in [5.41, 5.74) is 0.340. The first-order valence-electron chi connectivity index (χ1n) is 7.71. The van der Waals surface area contributed by atoms with E-state index in [0.717, 1.165) is 19.5 Å². The first-order valence-corrected chi connectivity index (χ1v) is 7.71. The Morgan fingerprint density at radius 2 is 2.33 bits per heavy atom. The van der Waals surface area contributed by atoms with Crippen molar-refractivity contribution in [2.45, 2.75) is 19.4 Å². The van der Waals surface area contributed by atoms with E-state index in [4.69, 9.17) is 0 Å². The highest BCUT2D eigenvalue weighted by Gasteiger charge is 2.25. The van der Waals surface area contributed by atoms with Crippen molar-refractivity contribution in [3.63, 3.8) is 0 Å². The minimum absolute atomic E-state index is 0.0628. The lowest BCUT2D eigenvalue weighted by molar-refractivity contribution is -0.384. The van der Waals surface area contributed by atoms with Crippen LogP contribution in [0, 0.1) is 16.0 Å². The van der Waals surface area contributed by atoms with Gasteiger partial charge in [0.05, 0.1) is 4.92 Å². The van der Waals surface area contributed by atoms with Crippen LogP contribution in [-0.4, -0.2) is 44.7 Å². The van der Waals surface area contributed by atoms with Gasteiger partial charge in [-0.2, -0.15) is 5.10 Å². The van der Waals surface area contributed by atoms with Crippen molar-refractivity contribution in [1.29, 1.82) is 0 Å². The lowest BCUT2D eigenvalue weighted by atomic mass is 9.95. The molecule has 1 saturated heterocycles. The molecule has 1 amide bonds. The summed E-state index contributed by atoms with van der Waals surface area (Å²) < 4.78 is 1.30. The van der Waals surface area contributed by atoms with E-state index in [1.807, 2.05) is 0 Å². The molecule has 1 aliphatic heterocycles. The molecule has 1 aliphatic rings. The van der Waals surface area contributed by atoms with E-state index >= 15 is 0 Å². The molecule has 0 bridgehead atoms. The van der Waals surface area contributed by atoms with Gasteiger partial charge in [0.2, 0.25) is 0 Å². The van der Waals surface area contributed by atoms with E-state index in [2.05, 4.69) is 27.6 Å². The molecule has 2 aromatic rings. The Morgan fingerprint density at radius 1 is 1.50 bits per heavy atom. The van der Waals surface area contributed by atoms with E-state index in [9.17, 15) is 14.9 Å². The van der Waals surface area contributed by atoms with Crippen molar-refractivity contribution in [2.75, 3.05) is 13.1 Å². The van der Waals surface area contributed by atoms with Gasteiger partial charge in [-0.05, 0) is 37.6 Å². The molecule has 2 unspecified atom stereocenters. The number of aromatic nitrogens is 3. The Morgan fingerprint density at radius 3 is 3.00 bits per heavy atom. The zero-order valence-corrected chi connectivity index (χ0v) is 13.2. The van der Waals surface area contributed by atoms with Crippen LogP contribution in [-0.2, 0) is 0 Å². The topological polar surface area (TPSA) is 115 Å². The van der Waals surface area contributed by atoms with E-state index in [1.165, 1.54) is 29.5 Å². The van der Waals surface area contributed by atoms with Crippen molar-refractivity contribution < 1.29 is 9.72 Å². The smallest absolute Gasteiger partial charge is 0.295 e. The molecule has 1 fully saturated rings. The fourth-order valence-corrected chi connectivity index (χ4v) is 2.82. The van der Waals surface area contributed by atoms with Gasteiger partial charge in [0.15, 0.2) is 0 Å². The summed E-state index contributed by atoms with van der Waals surface area (Å²) in [6.07, 6.45) is 3.51. The molecule has 0 aliphatic carbocycles. The number of rotatable bonds is 4. The maximum Gasteiger partial charge on any atom is 0.295 e. The Bertz CT molecular complexity index is 746. The number of benzene rings is 1. The van der Waals surface area contributed by atoms with Gasteiger partial charge in [0, 0.05) is 17.7 Å². The number of carbonyl (C=O) groups excluding carboxylic acids is 1. The van der Waals surface area contributed by atoms with Gasteiger partial charge in [-0.3, -0.25) is 14.9 Å². The minimum Gasteiger partial charge on any atom is -0.349 e. The summed E-state index contributed by atoms with van der Waals surface area (Å²) in [6.45, 7) is 3.75. The van der Waals surface area contributed by atoms with Crippen LogP contribution in [0.4, 0.5) is 5.69 Å². The van der Waals surface area contributed by atoms with Gasteiger partial charge < -0.3 is 10.6 Å². The second-order valence-electron chi connectivity index (χ2n) is 5.85. The average Bonchev–Trinajstić information content (AvgIpc) is 3.10. The van der Waals surface area contributed by atoms with Crippen molar-refractivity contribution in [1.82, 2.24) is 25.4 Å². The minimum atomic E-state index is -0.527. The molecule has 3 rings (SSSR count). The largest absolute Gasteiger partial charge is 0.349 e. The Balaban J connectivity index is 1.84. The molecule has 1 aromatic heterocycles. The predicted molar refractivity (Wildman–Crippen MR) is 85.9 cm³/mol. The van der Waals surface area contributed by atoms with Crippen molar-refractivity contribution in [3.05, 3.63) is 46.5 Å². The molecule has 1 aromatic carbocycles. The molecule has 0 saturated carbocycles. The van der Waals surface area contributed by atoms with Crippen LogP contribution in [0.25, 0.3) is 5.69 Å². The number of nitrogens with one attached hydrogen (secondary N) is 2. The maximum atomic E-state index is 12.4. The average molecular weight is 330 g/mol. The number of nitro groups is 1. The molecule has 2 heterocycles. The second-order valence-corrected chi connectivity index (χ2v) is 5.85. The Labute approximate surface area is 138 Å². The number of carbonyl (C=O) groups is 1. The van der Waals surface area contributed by atoms with Gasteiger partial charge in [0.1, 0.15) is 18.3 Å². The maximum absolute atomic E-state index is 12.4. The molecule has 9 heteroatoms. The summed E-state index contributed by atoms with van der Waals surface area (Å²) in [7, 11) is 0. The highest BCUT2D eigenvalue weighted by molar-refractivity contribution is 5.95. The van der Waals surface area contributed by atoms with Crippen LogP contribution in [0.5, 0.6) is 0 Å². The fourth-order valence-electron chi connectivity index (χ4n) is 2.82. The fraction of sp³-hybridized carbons (Fsp3) is 0.400. The second kappa shape index (κ2) is 6.75. The molecule has 24 heavy (non-hydrogen) atoms. The number of nitrogens with zero attached hydrogens (tertiary/aromatic N) is 4. The first-order chi connectivity index (χ1) is 11.6. The molecular weight excluding hydrogens is 312 g/mol. The number of amides is 1. The highest BCUT2D eigenvalue weighted by Crippen LogP contribution is 2.24. The van der Waals surface area contributed by atoms with E-state index < -0.39 is 4.92 Å². The summed E-state index contributed by atoms with van der Waals surface area (Å²) >= 11 is 0. The van der Waals surface area contributed by atoms with E-state index in [0.29, 0.717) is 5.92 Å². The summed E-state index contributed by atoms with van der Waals surface area (Å²) in [6, 6.07) is 4.41. The van der Waals surface area contributed by atoms with Crippen LogP contribution < -0.4 is 10.6 Å². The molecule has 0 radical (unpaired) electrons. The zero-order valence-electron chi connectivity index (χ0n) is 13.2. The SMILES string of the molecule is CC1CNCCC1NC(=O)c1ccc(-n2cncn2)c([N+](=O)[O-])c1. The third-order valence-corrected chi connectivity index (χ3v) is 4.20. The van der Waals surface area contributed by atoms with Crippen LogP contribution in [0.1, 0.15) is 23.7 Å². The third kappa shape index (κ3) is 3.25. The first kappa shape index (κ1) is 16.1. The number of piperidine rings is 1. The van der Waals surface area contributed by atoms with E-state index in [-0.39, 0.29) is 28.9 Å². The van der Waals surface area contributed by atoms with Gasteiger partial charge >= 0.3 is 0 Å². The highest BCUT2D eigenvalue weighted by atomic mass is 16.6. The quantitative estimate of drug-likeness (QED) is 0.636. The van der Waals surface area contributed by atoms with Crippen molar-refractivity contribution in [3.8, 4) is 5.69 Å². The summed E-state index contributed by atoms with van der Waals surface area (Å²) in [5.74, 6) is 0.00842. The molecule has 9 nitrogen and oxygen atoms in total. The number of hydrogen-bond donors (Lipinski definition) is 2. The predicted octanol–water partition coefficient (Wildman–Crippen LogP) is 0.903. The normalized spacial score (nSPS) is 20.5. The van der Waals surface area contributed by atoms with Gasteiger partial charge in [0.25, 0.3) is 11.6 Å². The Kier molecular flexibility index (Phi) is 4.52. The van der Waals surface area contributed by atoms with Crippen molar-refractivity contribution in [2.24, 2.45) is 5.92 Å². The van der Waals surface area contributed by atoms with E-state index in [1.54, 1.807) is 6.07 Å². The van der Waals surface area contributed by atoms with Crippen LogP contribution >= 0.6 is 0 Å². The lowest BCUT2D eigenvalue weighted by Crippen LogP contribution is -2.48. The van der Waals surface area contributed by atoms with Crippen molar-refractivity contribution >= 4 is 11.6 Å². The van der Waals surface area contributed by atoms with Gasteiger partial charge in [-0.1, -0.05) is 6.92 Å². The summed E-state index contributed by atoms with van der Waals surface area (Å²) in [5, 5.41) is 21.5. The molecule has 126 valence electrons. The monoisotopic (exact) mass is 330 g/mol. The summed E-state index contributed by atoms with van der Waals surface area (Å²) in [4.78, 5) is 27.0. The molecule has 2 atom stereocenters. The van der Waals surface area contributed by atoms with Crippen LogP contribution in [0.15, 0.2) is 30.9 Å². The zero-order chi connectivity index (χ0) is 17.1. The van der Waals surface area contributed by atoms with Crippen LogP contribution in [0.2, 0.25) is 0 Å². The van der Waals surface area contributed by atoms with Gasteiger partial charge in [-0.25, -0.2) is 9.67 Å². The standard InChI is InChI=1S/C15H18N6O3/c1-10-7-16-5-4-12(10)19-15(22)11-2-3-13(14(6-11)21(23)24)20-9-17-8-18-20/h2-3,6,8-10,12,16H,4-5,7H2,1H3,(H,19,22). The molecule has 2 N–H and O–H groups in total. The lowest BCUT2D eigenvalue weighted by Gasteiger charge is -2.30. The number of hydrogen-bond acceptors (Lipinski definition) is 6. The molecule has 0 spiro atoms.